The first-order valence-electron chi connectivity index (χ1n) is 7.10. The molecule has 0 radical (unpaired) electrons. The molecule has 0 fully saturated rings. The van der Waals surface area contributed by atoms with Gasteiger partial charge in [0.25, 0.3) is 0 Å². The quantitative estimate of drug-likeness (QED) is 0.554. The van der Waals surface area contributed by atoms with Gasteiger partial charge in [-0.15, -0.1) is 0 Å². The zero-order valence-corrected chi connectivity index (χ0v) is 14.6. The van der Waals surface area contributed by atoms with Crippen molar-refractivity contribution in [1.82, 2.24) is 0 Å². The number of carbonyl (C=O) groups excluding carboxylic acids is 1. The van der Waals surface area contributed by atoms with Crippen LogP contribution in [-0.2, 0) is 0 Å². The first-order chi connectivity index (χ1) is 10.5. The number of hydrogen-bond acceptors (Lipinski definition) is 3. The Hall–Kier alpha value is -1.81. The van der Waals surface area contributed by atoms with Crippen molar-refractivity contribution >= 4 is 22.2 Å². The molecular weight excluding hydrogens is 344 g/mol. The maximum atomic E-state index is 11.0. The smallest absolute Gasteiger partial charge is 0.153 e. The molecule has 0 aliphatic carbocycles. The number of aryl methyl sites for hydroxylation is 2. The third kappa shape index (κ3) is 3.89. The molecule has 0 atom stereocenters. The van der Waals surface area contributed by atoms with Crippen molar-refractivity contribution in [3.05, 3.63) is 57.1 Å². The Morgan fingerprint density at radius 2 is 1.68 bits per heavy atom. The Labute approximate surface area is 139 Å². The number of halogens is 1. The first kappa shape index (κ1) is 16.6. The van der Waals surface area contributed by atoms with Crippen molar-refractivity contribution in [2.45, 2.75) is 20.8 Å². The van der Waals surface area contributed by atoms with Crippen LogP contribution in [0.4, 0.5) is 0 Å². The predicted molar refractivity (Wildman–Crippen MR) is 91.2 cm³/mol. The van der Waals surface area contributed by atoms with Crippen molar-refractivity contribution in [2.24, 2.45) is 0 Å². The third-order valence-electron chi connectivity index (χ3n) is 3.56. The fraction of sp³-hybridized carbons (Fsp3) is 0.278. The highest BCUT2D eigenvalue weighted by molar-refractivity contribution is 9.10. The summed E-state index contributed by atoms with van der Waals surface area (Å²) >= 11 is 3.33. The molecule has 0 aliphatic rings. The van der Waals surface area contributed by atoms with E-state index in [0.717, 1.165) is 27.6 Å². The predicted octanol–water partition coefficient (Wildman–Crippen LogP) is 4.64. The van der Waals surface area contributed by atoms with Gasteiger partial charge in [0.15, 0.2) is 6.29 Å². The summed E-state index contributed by atoms with van der Waals surface area (Å²) in [5.74, 6) is 1.48. The van der Waals surface area contributed by atoms with Crippen molar-refractivity contribution in [3.63, 3.8) is 0 Å². The monoisotopic (exact) mass is 362 g/mol. The highest BCUT2D eigenvalue weighted by Crippen LogP contribution is 2.26. The maximum Gasteiger partial charge on any atom is 0.153 e. The average molecular weight is 363 g/mol. The summed E-state index contributed by atoms with van der Waals surface area (Å²) in [4.78, 5) is 11.0. The van der Waals surface area contributed by atoms with Crippen LogP contribution in [0.25, 0.3) is 0 Å². The molecule has 0 aliphatic heterocycles. The molecule has 4 heteroatoms. The molecular formula is C18H19BrO3. The van der Waals surface area contributed by atoms with Gasteiger partial charge in [0.05, 0.1) is 5.56 Å². The molecule has 0 amide bonds. The molecule has 0 aromatic heterocycles. The highest BCUT2D eigenvalue weighted by atomic mass is 79.9. The van der Waals surface area contributed by atoms with Gasteiger partial charge in [-0.2, -0.15) is 0 Å². The van der Waals surface area contributed by atoms with Gasteiger partial charge in [0.2, 0.25) is 0 Å². The van der Waals surface area contributed by atoms with Crippen molar-refractivity contribution < 1.29 is 14.3 Å². The van der Waals surface area contributed by atoms with E-state index in [2.05, 4.69) is 41.9 Å². The van der Waals surface area contributed by atoms with Crippen LogP contribution in [0.2, 0.25) is 0 Å². The van der Waals surface area contributed by atoms with Gasteiger partial charge in [-0.25, -0.2) is 0 Å². The van der Waals surface area contributed by atoms with Crippen LogP contribution in [0.15, 0.2) is 34.8 Å². The Balaban J connectivity index is 1.96. The Morgan fingerprint density at radius 3 is 2.41 bits per heavy atom. The zero-order valence-electron chi connectivity index (χ0n) is 13.0. The van der Waals surface area contributed by atoms with Crippen LogP contribution >= 0.6 is 15.9 Å². The summed E-state index contributed by atoms with van der Waals surface area (Å²) in [6.45, 7) is 6.96. The van der Waals surface area contributed by atoms with Crippen LogP contribution in [0.1, 0.15) is 27.0 Å². The van der Waals surface area contributed by atoms with Gasteiger partial charge in [-0.3, -0.25) is 4.79 Å². The maximum absolute atomic E-state index is 11.0. The van der Waals surface area contributed by atoms with Crippen LogP contribution in [0, 0.1) is 20.8 Å². The molecule has 2 aromatic carbocycles. The minimum Gasteiger partial charge on any atom is -0.489 e. The van der Waals surface area contributed by atoms with E-state index in [-0.39, 0.29) is 0 Å². The summed E-state index contributed by atoms with van der Waals surface area (Å²) in [6, 6.07) is 9.50. The molecule has 22 heavy (non-hydrogen) atoms. The summed E-state index contributed by atoms with van der Waals surface area (Å²) < 4.78 is 12.3. The number of rotatable bonds is 6. The van der Waals surface area contributed by atoms with E-state index in [4.69, 9.17) is 9.47 Å². The van der Waals surface area contributed by atoms with E-state index in [1.54, 1.807) is 12.1 Å². The zero-order chi connectivity index (χ0) is 16.1. The van der Waals surface area contributed by atoms with Crippen molar-refractivity contribution in [1.29, 1.82) is 0 Å². The largest absolute Gasteiger partial charge is 0.489 e. The SMILES string of the molecule is Cc1ccc(C)c(OCCOc2ccc(Br)cc2C=O)c1C. The normalized spacial score (nSPS) is 10.4. The lowest BCUT2D eigenvalue weighted by Gasteiger charge is -2.14. The van der Waals surface area contributed by atoms with Crippen molar-refractivity contribution in [2.75, 3.05) is 13.2 Å². The number of hydrogen-bond donors (Lipinski definition) is 0. The molecule has 0 N–H and O–H groups in total. The summed E-state index contributed by atoms with van der Waals surface area (Å²) in [5.41, 5.74) is 3.99. The molecule has 116 valence electrons. The standard InChI is InChI=1S/C18H19BrO3/c1-12-4-5-13(2)18(14(12)3)22-9-8-21-17-7-6-16(19)10-15(17)11-20/h4-7,10-11H,8-9H2,1-3H3. The van der Waals surface area contributed by atoms with Gasteiger partial charge >= 0.3 is 0 Å². The van der Waals surface area contributed by atoms with Gasteiger partial charge in [0, 0.05) is 4.47 Å². The van der Waals surface area contributed by atoms with Gasteiger partial charge in [-0.05, 0) is 55.7 Å². The first-order valence-corrected chi connectivity index (χ1v) is 7.89. The molecule has 0 spiro atoms. The topological polar surface area (TPSA) is 35.5 Å². The minimum absolute atomic E-state index is 0.384. The molecule has 2 rings (SSSR count). The Morgan fingerprint density at radius 1 is 1.00 bits per heavy atom. The molecule has 2 aromatic rings. The Bertz CT molecular complexity index is 680. The molecule has 0 saturated heterocycles. The van der Waals surface area contributed by atoms with Gasteiger partial charge < -0.3 is 9.47 Å². The molecule has 0 saturated carbocycles. The van der Waals surface area contributed by atoms with E-state index in [1.807, 2.05) is 13.0 Å². The van der Waals surface area contributed by atoms with E-state index >= 15 is 0 Å². The number of aldehydes is 1. The van der Waals surface area contributed by atoms with Crippen LogP contribution in [0.5, 0.6) is 11.5 Å². The molecule has 0 bridgehead atoms. The second-order valence-corrected chi connectivity index (χ2v) is 6.07. The average Bonchev–Trinajstić information content (AvgIpc) is 2.51. The molecule has 0 unspecified atom stereocenters. The third-order valence-corrected chi connectivity index (χ3v) is 4.05. The molecule has 3 nitrogen and oxygen atoms in total. The summed E-state index contributed by atoms with van der Waals surface area (Å²) in [7, 11) is 0. The van der Waals surface area contributed by atoms with Crippen LogP contribution < -0.4 is 9.47 Å². The fourth-order valence-electron chi connectivity index (χ4n) is 2.19. The second-order valence-electron chi connectivity index (χ2n) is 5.15. The number of ether oxygens (including phenoxy) is 2. The van der Waals surface area contributed by atoms with E-state index in [9.17, 15) is 4.79 Å². The second kappa shape index (κ2) is 7.45. The van der Waals surface area contributed by atoms with Crippen molar-refractivity contribution in [3.8, 4) is 11.5 Å². The molecule has 0 heterocycles. The number of benzene rings is 2. The van der Waals surface area contributed by atoms with E-state index in [0.29, 0.717) is 24.5 Å². The highest BCUT2D eigenvalue weighted by Gasteiger charge is 2.07. The Kier molecular flexibility index (Phi) is 5.61. The van der Waals surface area contributed by atoms with Crippen LogP contribution in [-0.4, -0.2) is 19.5 Å². The van der Waals surface area contributed by atoms with Gasteiger partial charge in [0.1, 0.15) is 24.7 Å². The lowest BCUT2D eigenvalue weighted by Crippen LogP contribution is -2.11. The lowest BCUT2D eigenvalue weighted by atomic mass is 10.1. The van der Waals surface area contributed by atoms with E-state index in [1.165, 1.54) is 5.56 Å². The van der Waals surface area contributed by atoms with E-state index < -0.39 is 0 Å². The van der Waals surface area contributed by atoms with Crippen LogP contribution in [0.3, 0.4) is 0 Å². The summed E-state index contributed by atoms with van der Waals surface area (Å²) in [5, 5.41) is 0. The number of carbonyl (C=O) groups is 1. The fourth-order valence-corrected chi connectivity index (χ4v) is 2.56. The minimum atomic E-state index is 0.384. The summed E-state index contributed by atoms with van der Waals surface area (Å²) in [6.07, 6.45) is 0.788. The van der Waals surface area contributed by atoms with Gasteiger partial charge in [-0.1, -0.05) is 28.1 Å². The lowest BCUT2D eigenvalue weighted by molar-refractivity contribution is 0.111.